The van der Waals surface area contributed by atoms with Crippen LogP contribution >= 0.6 is 23.2 Å². The topological polar surface area (TPSA) is 55.4 Å². The number of hydrogen-bond donors (Lipinski definition) is 1. The van der Waals surface area contributed by atoms with E-state index in [0.717, 1.165) is 24.8 Å². The summed E-state index contributed by atoms with van der Waals surface area (Å²) in [6, 6.07) is 12.7. The third kappa shape index (κ3) is 4.02. The zero-order valence-corrected chi connectivity index (χ0v) is 15.8. The van der Waals surface area contributed by atoms with Crippen molar-refractivity contribution in [3.05, 3.63) is 69.2 Å². The number of ether oxygens (including phenoxy) is 1. The predicted molar refractivity (Wildman–Crippen MR) is 102 cm³/mol. The maximum Gasteiger partial charge on any atom is 0.340 e. The third-order valence-electron chi connectivity index (χ3n) is 4.51. The maximum atomic E-state index is 12.5. The van der Waals surface area contributed by atoms with Gasteiger partial charge in [-0.2, -0.15) is 0 Å². The summed E-state index contributed by atoms with van der Waals surface area (Å²) in [6.07, 6.45) is 1.95. The Morgan fingerprint density at radius 2 is 1.92 bits per heavy atom. The molecule has 2 atom stereocenters. The van der Waals surface area contributed by atoms with Crippen LogP contribution in [0.2, 0.25) is 10.0 Å². The smallest absolute Gasteiger partial charge is 0.340 e. The number of fused-ring (bicyclic) bond motifs is 1. The number of benzene rings is 2. The normalized spacial score (nSPS) is 17.1. The summed E-state index contributed by atoms with van der Waals surface area (Å²) in [5, 5.41) is 3.36. The number of carbonyl (C=O) groups is 2. The Balaban J connectivity index is 1.65. The Hall–Kier alpha value is -2.04. The fourth-order valence-electron chi connectivity index (χ4n) is 3.13. The lowest BCUT2D eigenvalue weighted by Gasteiger charge is -2.27. The van der Waals surface area contributed by atoms with Gasteiger partial charge in [0.25, 0.3) is 5.91 Å². The molecule has 2 aromatic rings. The van der Waals surface area contributed by atoms with E-state index in [2.05, 4.69) is 11.4 Å². The van der Waals surface area contributed by atoms with Crippen molar-refractivity contribution in [2.75, 3.05) is 0 Å². The molecule has 1 N–H and O–H groups in total. The van der Waals surface area contributed by atoms with Gasteiger partial charge in [0.2, 0.25) is 0 Å². The molecular formula is C20H19Cl2NO3. The molecule has 2 aromatic carbocycles. The molecule has 1 aliphatic rings. The van der Waals surface area contributed by atoms with E-state index in [1.807, 2.05) is 18.2 Å². The van der Waals surface area contributed by atoms with Crippen LogP contribution in [0.5, 0.6) is 0 Å². The summed E-state index contributed by atoms with van der Waals surface area (Å²) >= 11 is 11.9. The molecule has 26 heavy (non-hydrogen) atoms. The summed E-state index contributed by atoms with van der Waals surface area (Å²) < 4.78 is 5.27. The van der Waals surface area contributed by atoms with Crippen molar-refractivity contribution in [1.82, 2.24) is 5.32 Å². The molecule has 0 aromatic heterocycles. The summed E-state index contributed by atoms with van der Waals surface area (Å²) in [4.78, 5) is 24.8. The molecule has 0 spiro atoms. The Bertz CT molecular complexity index is 838. The number of carbonyl (C=O) groups excluding carboxylic acids is 2. The van der Waals surface area contributed by atoms with Gasteiger partial charge in [-0.1, -0.05) is 53.5 Å². The molecule has 0 fully saturated rings. The second-order valence-electron chi connectivity index (χ2n) is 6.30. The lowest BCUT2D eigenvalue weighted by atomic mass is 9.87. The number of amides is 1. The molecule has 1 aliphatic carbocycles. The van der Waals surface area contributed by atoms with Crippen LogP contribution in [-0.4, -0.2) is 18.0 Å². The Labute approximate surface area is 162 Å². The van der Waals surface area contributed by atoms with Crippen LogP contribution in [0.3, 0.4) is 0 Å². The Morgan fingerprint density at radius 1 is 1.15 bits per heavy atom. The van der Waals surface area contributed by atoms with Crippen LogP contribution in [0.15, 0.2) is 42.5 Å². The van der Waals surface area contributed by atoms with Crippen LogP contribution in [-0.2, 0) is 16.0 Å². The molecule has 0 aliphatic heterocycles. The van der Waals surface area contributed by atoms with Crippen molar-refractivity contribution >= 4 is 35.1 Å². The van der Waals surface area contributed by atoms with Crippen molar-refractivity contribution < 1.29 is 14.3 Å². The van der Waals surface area contributed by atoms with Crippen molar-refractivity contribution in [2.24, 2.45) is 0 Å². The third-order valence-corrected chi connectivity index (χ3v) is 5.33. The summed E-state index contributed by atoms with van der Waals surface area (Å²) in [5.41, 5.74) is 2.52. The lowest BCUT2D eigenvalue weighted by molar-refractivity contribution is -0.130. The van der Waals surface area contributed by atoms with Crippen LogP contribution < -0.4 is 5.32 Å². The van der Waals surface area contributed by atoms with E-state index in [4.69, 9.17) is 27.9 Å². The highest BCUT2D eigenvalue weighted by molar-refractivity contribution is 6.43. The number of esters is 1. The molecule has 4 nitrogen and oxygen atoms in total. The van der Waals surface area contributed by atoms with Crippen LogP contribution in [0, 0.1) is 0 Å². The largest absolute Gasteiger partial charge is 0.449 e. The van der Waals surface area contributed by atoms with Gasteiger partial charge in [0.15, 0.2) is 6.10 Å². The zero-order valence-electron chi connectivity index (χ0n) is 14.3. The van der Waals surface area contributed by atoms with E-state index in [1.165, 1.54) is 11.6 Å². The van der Waals surface area contributed by atoms with Gasteiger partial charge >= 0.3 is 5.97 Å². The first-order valence-electron chi connectivity index (χ1n) is 8.50. The number of hydrogen-bond acceptors (Lipinski definition) is 3. The Kier molecular flexibility index (Phi) is 5.84. The van der Waals surface area contributed by atoms with Gasteiger partial charge in [-0.25, -0.2) is 4.79 Å². The van der Waals surface area contributed by atoms with Crippen LogP contribution in [0.4, 0.5) is 0 Å². The van der Waals surface area contributed by atoms with Crippen molar-refractivity contribution in [3.63, 3.8) is 0 Å². The molecular weight excluding hydrogens is 373 g/mol. The molecule has 0 bridgehead atoms. The minimum atomic E-state index is -0.938. The summed E-state index contributed by atoms with van der Waals surface area (Å²) in [6.45, 7) is 1.54. The number of rotatable bonds is 4. The first kappa shape index (κ1) is 18.7. The number of aryl methyl sites for hydroxylation is 1. The fourth-order valence-corrected chi connectivity index (χ4v) is 3.51. The van der Waals surface area contributed by atoms with Crippen LogP contribution in [0.25, 0.3) is 0 Å². The standard InChI is InChI=1S/C20H19Cl2NO3/c1-12(26-20(25)15-9-5-10-16(21)18(15)22)19(24)23-17-11-4-7-13-6-2-3-8-14(13)17/h2-3,5-6,8-10,12,17H,4,7,11H2,1H3,(H,23,24)/t12-,17+/m0/s1. The van der Waals surface area contributed by atoms with Crippen molar-refractivity contribution in [1.29, 1.82) is 0 Å². The molecule has 3 rings (SSSR count). The van der Waals surface area contributed by atoms with E-state index >= 15 is 0 Å². The average Bonchev–Trinajstić information content (AvgIpc) is 2.64. The summed E-state index contributed by atoms with van der Waals surface area (Å²) in [5.74, 6) is -1.01. The Morgan fingerprint density at radius 3 is 2.73 bits per heavy atom. The minimum Gasteiger partial charge on any atom is -0.449 e. The van der Waals surface area contributed by atoms with Gasteiger partial charge in [0.1, 0.15) is 0 Å². The quantitative estimate of drug-likeness (QED) is 0.766. The monoisotopic (exact) mass is 391 g/mol. The molecule has 136 valence electrons. The van der Waals surface area contributed by atoms with Gasteiger partial charge in [0, 0.05) is 0 Å². The highest BCUT2D eigenvalue weighted by atomic mass is 35.5. The van der Waals surface area contributed by atoms with Gasteiger partial charge in [0.05, 0.1) is 21.7 Å². The second kappa shape index (κ2) is 8.11. The van der Waals surface area contributed by atoms with E-state index < -0.39 is 12.1 Å². The van der Waals surface area contributed by atoms with Crippen molar-refractivity contribution in [2.45, 2.75) is 38.3 Å². The first-order chi connectivity index (χ1) is 12.5. The molecule has 0 saturated carbocycles. The van der Waals surface area contributed by atoms with Gasteiger partial charge in [-0.15, -0.1) is 0 Å². The van der Waals surface area contributed by atoms with Gasteiger partial charge in [-0.3, -0.25) is 4.79 Å². The highest BCUT2D eigenvalue weighted by Gasteiger charge is 2.26. The molecule has 0 heterocycles. The first-order valence-corrected chi connectivity index (χ1v) is 9.26. The molecule has 0 unspecified atom stereocenters. The lowest BCUT2D eigenvalue weighted by Crippen LogP contribution is -2.39. The fraction of sp³-hybridized carbons (Fsp3) is 0.300. The van der Waals surface area contributed by atoms with E-state index in [-0.39, 0.29) is 27.6 Å². The van der Waals surface area contributed by atoms with Gasteiger partial charge in [-0.05, 0) is 49.4 Å². The predicted octanol–water partition coefficient (Wildman–Crippen LogP) is 4.73. The highest BCUT2D eigenvalue weighted by Crippen LogP contribution is 2.30. The molecule has 0 radical (unpaired) electrons. The van der Waals surface area contributed by atoms with Crippen molar-refractivity contribution in [3.8, 4) is 0 Å². The molecule has 1 amide bonds. The number of halogens is 2. The number of nitrogens with one attached hydrogen (secondary N) is 1. The summed E-state index contributed by atoms with van der Waals surface area (Å²) in [7, 11) is 0. The molecule has 0 saturated heterocycles. The average molecular weight is 392 g/mol. The van der Waals surface area contributed by atoms with Crippen LogP contribution in [0.1, 0.15) is 47.3 Å². The van der Waals surface area contributed by atoms with E-state index in [1.54, 1.807) is 19.1 Å². The zero-order chi connectivity index (χ0) is 18.7. The maximum absolute atomic E-state index is 12.5. The SMILES string of the molecule is C[C@H](OC(=O)c1cccc(Cl)c1Cl)C(=O)N[C@@H]1CCCc2ccccc21. The van der Waals surface area contributed by atoms with Gasteiger partial charge < -0.3 is 10.1 Å². The molecule has 6 heteroatoms. The second-order valence-corrected chi connectivity index (χ2v) is 7.09. The minimum absolute atomic E-state index is 0.0663. The van der Waals surface area contributed by atoms with E-state index in [0.29, 0.717) is 0 Å². The van der Waals surface area contributed by atoms with E-state index in [9.17, 15) is 9.59 Å².